The van der Waals surface area contributed by atoms with Gasteiger partial charge in [0.05, 0.1) is 0 Å². The second-order valence-electron chi connectivity index (χ2n) is 8.56. The van der Waals surface area contributed by atoms with Crippen molar-refractivity contribution in [1.29, 1.82) is 0 Å². The van der Waals surface area contributed by atoms with Crippen molar-refractivity contribution in [3.05, 3.63) is 29.3 Å². The predicted molar refractivity (Wildman–Crippen MR) is 104 cm³/mol. The van der Waals surface area contributed by atoms with E-state index in [4.69, 9.17) is 11.6 Å². The molecule has 2 aromatic rings. The maximum absolute atomic E-state index is 12.7. The highest BCUT2D eigenvalue weighted by Crippen LogP contribution is 2.61. The number of hydrogen-bond acceptors (Lipinski definition) is 4. The van der Waals surface area contributed by atoms with Crippen LogP contribution in [-0.2, 0) is 4.79 Å². The molecule has 0 aliphatic heterocycles. The Labute approximate surface area is 162 Å². The standard InChI is InChI=1S/C20H22ClN3OS/c21-16-3-1-15(2-4-16)18-23-24-19(26-18)22-17(25)11-20-8-12-5-13(9-20)7-14(6-12)10-20/h1-4,12-14H,5-11H2,(H,22,24,25). The summed E-state index contributed by atoms with van der Waals surface area (Å²) in [5.74, 6) is 2.71. The van der Waals surface area contributed by atoms with Crippen LogP contribution >= 0.6 is 22.9 Å². The zero-order valence-electron chi connectivity index (χ0n) is 14.6. The highest BCUT2D eigenvalue weighted by atomic mass is 35.5. The Kier molecular flexibility index (Phi) is 4.05. The van der Waals surface area contributed by atoms with Gasteiger partial charge in [0.25, 0.3) is 0 Å². The maximum atomic E-state index is 12.7. The summed E-state index contributed by atoms with van der Waals surface area (Å²) in [6.45, 7) is 0. The Morgan fingerprint density at radius 1 is 1.08 bits per heavy atom. The summed E-state index contributed by atoms with van der Waals surface area (Å²) < 4.78 is 0. The van der Waals surface area contributed by atoms with Gasteiger partial charge in [-0.15, -0.1) is 10.2 Å². The minimum atomic E-state index is 0.103. The molecule has 1 aromatic carbocycles. The van der Waals surface area contributed by atoms with Crippen molar-refractivity contribution in [2.24, 2.45) is 23.2 Å². The molecule has 4 aliphatic carbocycles. The molecule has 4 nitrogen and oxygen atoms in total. The predicted octanol–water partition coefficient (Wildman–Crippen LogP) is 5.40. The lowest BCUT2D eigenvalue weighted by Gasteiger charge is -2.56. The summed E-state index contributed by atoms with van der Waals surface area (Å²) in [5.41, 5.74) is 1.22. The van der Waals surface area contributed by atoms with Crippen LogP contribution in [0.15, 0.2) is 24.3 Å². The number of halogens is 1. The monoisotopic (exact) mass is 387 g/mol. The van der Waals surface area contributed by atoms with E-state index in [0.717, 1.165) is 28.3 Å². The van der Waals surface area contributed by atoms with Crippen LogP contribution < -0.4 is 5.32 Å². The van der Waals surface area contributed by atoms with Gasteiger partial charge < -0.3 is 5.32 Å². The van der Waals surface area contributed by atoms with Gasteiger partial charge in [-0.25, -0.2) is 0 Å². The minimum absolute atomic E-state index is 0.103. The van der Waals surface area contributed by atoms with Crippen molar-refractivity contribution < 1.29 is 4.79 Å². The quantitative estimate of drug-likeness (QED) is 0.763. The first-order valence-electron chi connectivity index (χ1n) is 9.46. The number of aromatic nitrogens is 2. The van der Waals surface area contributed by atoms with Crippen molar-refractivity contribution in [1.82, 2.24) is 10.2 Å². The van der Waals surface area contributed by atoms with Crippen molar-refractivity contribution in [2.45, 2.75) is 44.9 Å². The fourth-order valence-corrected chi connectivity index (χ4v) is 6.88. The molecule has 0 unspecified atom stereocenters. The third kappa shape index (κ3) is 3.16. The average Bonchev–Trinajstić information content (AvgIpc) is 3.02. The molecule has 1 aromatic heterocycles. The van der Waals surface area contributed by atoms with Crippen molar-refractivity contribution in [2.75, 3.05) is 5.32 Å². The number of rotatable bonds is 4. The van der Waals surface area contributed by atoms with E-state index in [1.165, 1.54) is 49.9 Å². The number of hydrogen-bond donors (Lipinski definition) is 1. The molecule has 1 N–H and O–H groups in total. The van der Waals surface area contributed by atoms with Crippen LogP contribution in [-0.4, -0.2) is 16.1 Å². The van der Waals surface area contributed by atoms with E-state index in [1.807, 2.05) is 24.3 Å². The Morgan fingerprint density at radius 2 is 1.69 bits per heavy atom. The van der Waals surface area contributed by atoms with Crippen molar-refractivity contribution in [3.63, 3.8) is 0 Å². The third-order valence-electron chi connectivity index (χ3n) is 6.46. The molecular weight excluding hydrogens is 366 g/mol. The van der Waals surface area contributed by atoms with Gasteiger partial charge in [0.1, 0.15) is 5.01 Å². The average molecular weight is 388 g/mol. The molecule has 0 radical (unpaired) electrons. The van der Waals surface area contributed by atoms with E-state index in [1.54, 1.807) is 0 Å². The summed E-state index contributed by atoms with van der Waals surface area (Å²) in [5, 5.41) is 13.4. The van der Waals surface area contributed by atoms with Gasteiger partial charge in [-0.3, -0.25) is 4.79 Å². The zero-order chi connectivity index (χ0) is 17.7. The Balaban J connectivity index is 1.26. The fraction of sp³-hybridized carbons (Fsp3) is 0.550. The van der Waals surface area contributed by atoms with Gasteiger partial charge in [-0.2, -0.15) is 0 Å². The Hall–Kier alpha value is -1.46. The topological polar surface area (TPSA) is 54.9 Å². The van der Waals surface area contributed by atoms with E-state index in [-0.39, 0.29) is 11.3 Å². The van der Waals surface area contributed by atoms with E-state index in [0.29, 0.717) is 16.6 Å². The summed E-state index contributed by atoms with van der Waals surface area (Å²) in [7, 11) is 0. The van der Waals surface area contributed by atoms with Gasteiger partial charge in [0.15, 0.2) is 0 Å². The minimum Gasteiger partial charge on any atom is -0.301 e. The molecule has 1 amide bonds. The number of nitrogens with zero attached hydrogens (tertiary/aromatic N) is 2. The van der Waals surface area contributed by atoms with Crippen LogP contribution in [0.5, 0.6) is 0 Å². The molecule has 136 valence electrons. The van der Waals surface area contributed by atoms with E-state index >= 15 is 0 Å². The van der Waals surface area contributed by atoms with Crippen LogP contribution in [0.3, 0.4) is 0 Å². The van der Waals surface area contributed by atoms with Gasteiger partial charge in [0.2, 0.25) is 11.0 Å². The molecule has 26 heavy (non-hydrogen) atoms. The highest BCUT2D eigenvalue weighted by molar-refractivity contribution is 7.18. The zero-order valence-corrected chi connectivity index (χ0v) is 16.2. The van der Waals surface area contributed by atoms with Crippen molar-refractivity contribution >= 4 is 34.0 Å². The van der Waals surface area contributed by atoms with Crippen LogP contribution in [0.25, 0.3) is 10.6 Å². The molecule has 4 saturated carbocycles. The molecule has 0 spiro atoms. The van der Waals surface area contributed by atoms with E-state index < -0.39 is 0 Å². The first-order chi connectivity index (χ1) is 12.6. The van der Waals surface area contributed by atoms with Gasteiger partial charge in [-0.05, 0) is 73.8 Å². The van der Waals surface area contributed by atoms with E-state index in [2.05, 4.69) is 15.5 Å². The lowest BCUT2D eigenvalue weighted by Crippen LogP contribution is -2.47. The normalized spacial score (nSPS) is 32.0. The lowest BCUT2D eigenvalue weighted by atomic mass is 9.49. The van der Waals surface area contributed by atoms with Crippen molar-refractivity contribution in [3.8, 4) is 10.6 Å². The summed E-state index contributed by atoms with van der Waals surface area (Å²) >= 11 is 7.35. The first kappa shape index (κ1) is 16.7. The van der Waals surface area contributed by atoms with Crippen LogP contribution in [0.1, 0.15) is 44.9 Å². The Morgan fingerprint density at radius 3 is 2.31 bits per heavy atom. The molecule has 0 saturated heterocycles. The summed E-state index contributed by atoms with van der Waals surface area (Å²) in [4.78, 5) is 12.7. The number of anilines is 1. The van der Waals surface area contributed by atoms with Gasteiger partial charge >= 0.3 is 0 Å². The van der Waals surface area contributed by atoms with Gasteiger partial charge in [-0.1, -0.05) is 35.1 Å². The number of benzene rings is 1. The molecule has 1 heterocycles. The summed E-state index contributed by atoms with van der Waals surface area (Å²) in [6, 6.07) is 7.51. The number of nitrogens with one attached hydrogen (secondary N) is 1. The molecule has 0 atom stereocenters. The SMILES string of the molecule is O=C(CC12CC3CC(CC(C3)C1)C2)Nc1nnc(-c2ccc(Cl)cc2)s1. The lowest BCUT2D eigenvalue weighted by molar-refractivity contribution is -0.124. The maximum Gasteiger partial charge on any atom is 0.226 e. The summed E-state index contributed by atoms with van der Waals surface area (Å²) in [6.07, 6.45) is 8.60. The molecular formula is C20H22ClN3OS. The molecule has 6 rings (SSSR count). The van der Waals surface area contributed by atoms with E-state index in [9.17, 15) is 4.79 Å². The highest BCUT2D eigenvalue weighted by Gasteiger charge is 2.51. The molecule has 4 fully saturated rings. The molecule has 4 aliphatic rings. The second-order valence-corrected chi connectivity index (χ2v) is 9.98. The molecule has 4 bridgehead atoms. The second kappa shape index (κ2) is 6.31. The largest absolute Gasteiger partial charge is 0.301 e. The third-order valence-corrected chi connectivity index (χ3v) is 7.60. The molecule has 6 heteroatoms. The van der Waals surface area contributed by atoms with Crippen LogP contribution in [0.4, 0.5) is 5.13 Å². The Bertz CT molecular complexity index is 797. The first-order valence-corrected chi connectivity index (χ1v) is 10.7. The smallest absolute Gasteiger partial charge is 0.226 e. The fourth-order valence-electron chi connectivity index (χ4n) is 5.99. The van der Waals surface area contributed by atoms with Gasteiger partial charge in [0, 0.05) is 17.0 Å². The van der Waals surface area contributed by atoms with Crippen LogP contribution in [0, 0.1) is 23.2 Å². The number of carbonyl (C=O) groups is 1. The van der Waals surface area contributed by atoms with Crippen LogP contribution in [0.2, 0.25) is 5.02 Å². The number of amides is 1. The number of carbonyl (C=O) groups excluding carboxylic acids is 1.